The third-order valence-electron chi connectivity index (χ3n) is 3.79. The number of nitrogens with one attached hydrogen (secondary N) is 1. The van der Waals surface area contributed by atoms with Crippen LogP contribution in [-0.4, -0.2) is 22.5 Å². The lowest BCUT2D eigenvalue weighted by Crippen LogP contribution is -2.30. The minimum Gasteiger partial charge on any atom is -0.489 e. The van der Waals surface area contributed by atoms with Crippen molar-refractivity contribution in [3.63, 3.8) is 0 Å². The number of nitrogens with zero attached hydrogens (tertiary/aromatic N) is 1. The maximum atomic E-state index is 12.2. The smallest absolute Gasteiger partial charge is 0.276 e. The Hall–Kier alpha value is -1.93. The second-order valence-corrected chi connectivity index (χ2v) is 7.15. The van der Waals surface area contributed by atoms with E-state index in [1.54, 1.807) is 11.0 Å². The standard InChI is InChI=1S/C19H17IN2O2S/c1-2-22-18(23)17(21-19(22)25)11-13-5-9-16(10-6-13)24-12-14-3-7-15(20)8-4-14/h3-11H,2,12H2,1H3,(H,21,25). The Labute approximate surface area is 166 Å². The summed E-state index contributed by atoms with van der Waals surface area (Å²) in [5, 5.41) is 3.41. The Morgan fingerprint density at radius 2 is 1.84 bits per heavy atom. The summed E-state index contributed by atoms with van der Waals surface area (Å²) in [6.45, 7) is 2.99. The molecule has 1 fully saturated rings. The molecule has 2 aromatic carbocycles. The molecule has 0 aliphatic carbocycles. The normalized spacial score (nSPS) is 15.6. The van der Waals surface area contributed by atoms with Gasteiger partial charge in [0.15, 0.2) is 5.11 Å². The van der Waals surface area contributed by atoms with Gasteiger partial charge in [-0.1, -0.05) is 24.3 Å². The summed E-state index contributed by atoms with van der Waals surface area (Å²) in [4.78, 5) is 13.7. The van der Waals surface area contributed by atoms with Crippen molar-refractivity contribution in [1.29, 1.82) is 0 Å². The number of likely N-dealkylation sites (N-methyl/N-ethyl adjacent to an activating group) is 1. The third-order valence-corrected chi connectivity index (χ3v) is 4.83. The van der Waals surface area contributed by atoms with Crippen LogP contribution in [0.5, 0.6) is 5.75 Å². The Morgan fingerprint density at radius 3 is 2.44 bits per heavy atom. The number of benzene rings is 2. The van der Waals surface area contributed by atoms with Crippen LogP contribution < -0.4 is 10.1 Å². The molecule has 1 aliphatic heterocycles. The van der Waals surface area contributed by atoms with Crippen molar-refractivity contribution in [2.75, 3.05) is 6.54 Å². The first kappa shape index (κ1) is 17.9. The van der Waals surface area contributed by atoms with Gasteiger partial charge in [0.2, 0.25) is 0 Å². The van der Waals surface area contributed by atoms with Crippen molar-refractivity contribution in [3.8, 4) is 5.75 Å². The van der Waals surface area contributed by atoms with E-state index < -0.39 is 0 Å². The summed E-state index contributed by atoms with van der Waals surface area (Å²) in [6, 6.07) is 15.9. The molecule has 1 saturated heterocycles. The SMILES string of the molecule is CCN1C(=O)C(=Cc2ccc(OCc3ccc(I)cc3)cc2)NC1=S. The summed E-state index contributed by atoms with van der Waals surface area (Å²) in [5.74, 6) is 0.698. The van der Waals surface area contributed by atoms with Gasteiger partial charge in [-0.25, -0.2) is 0 Å². The van der Waals surface area contributed by atoms with Crippen molar-refractivity contribution in [2.24, 2.45) is 0 Å². The maximum absolute atomic E-state index is 12.2. The molecule has 0 unspecified atom stereocenters. The molecule has 1 amide bonds. The molecule has 25 heavy (non-hydrogen) atoms. The van der Waals surface area contributed by atoms with Gasteiger partial charge in [0.05, 0.1) is 0 Å². The van der Waals surface area contributed by atoms with Crippen LogP contribution in [0.2, 0.25) is 0 Å². The quantitative estimate of drug-likeness (QED) is 0.414. The van der Waals surface area contributed by atoms with Crippen LogP contribution in [0.15, 0.2) is 54.2 Å². The van der Waals surface area contributed by atoms with Crippen LogP contribution in [-0.2, 0) is 11.4 Å². The van der Waals surface area contributed by atoms with Crippen LogP contribution >= 0.6 is 34.8 Å². The van der Waals surface area contributed by atoms with E-state index in [1.807, 2.05) is 31.2 Å². The fraction of sp³-hybridized carbons (Fsp3) is 0.158. The number of hydrogen-bond acceptors (Lipinski definition) is 3. The van der Waals surface area contributed by atoms with Crippen molar-refractivity contribution in [3.05, 3.63) is 68.9 Å². The summed E-state index contributed by atoms with van der Waals surface area (Å²) in [7, 11) is 0. The highest BCUT2D eigenvalue weighted by molar-refractivity contribution is 14.1. The van der Waals surface area contributed by atoms with Gasteiger partial charge in [-0.3, -0.25) is 9.69 Å². The molecule has 0 spiro atoms. The molecular weight excluding hydrogens is 447 g/mol. The molecule has 128 valence electrons. The van der Waals surface area contributed by atoms with E-state index in [1.165, 1.54) is 3.57 Å². The molecule has 6 heteroatoms. The summed E-state index contributed by atoms with van der Waals surface area (Å²) < 4.78 is 7.00. The van der Waals surface area contributed by atoms with Crippen LogP contribution in [0.1, 0.15) is 18.1 Å². The van der Waals surface area contributed by atoms with E-state index in [0.717, 1.165) is 16.9 Å². The van der Waals surface area contributed by atoms with E-state index in [9.17, 15) is 4.79 Å². The number of carbonyl (C=O) groups is 1. The molecule has 3 rings (SSSR count). The van der Waals surface area contributed by atoms with Gasteiger partial charge in [0.1, 0.15) is 18.1 Å². The first-order chi connectivity index (χ1) is 12.1. The molecule has 1 heterocycles. The average molecular weight is 464 g/mol. The zero-order valence-electron chi connectivity index (χ0n) is 13.7. The predicted molar refractivity (Wildman–Crippen MR) is 111 cm³/mol. The van der Waals surface area contributed by atoms with Crippen LogP contribution in [0, 0.1) is 3.57 Å². The fourth-order valence-electron chi connectivity index (χ4n) is 2.43. The van der Waals surface area contributed by atoms with Gasteiger partial charge >= 0.3 is 0 Å². The van der Waals surface area contributed by atoms with Crippen LogP contribution in [0.4, 0.5) is 0 Å². The van der Waals surface area contributed by atoms with Gasteiger partial charge in [-0.15, -0.1) is 0 Å². The van der Waals surface area contributed by atoms with Crippen LogP contribution in [0.25, 0.3) is 6.08 Å². The molecule has 0 saturated carbocycles. The minimum atomic E-state index is -0.0912. The number of ether oxygens (including phenoxy) is 1. The van der Waals surface area contributed by atoms with E-state index >= 15 is 0 Å². The second-order valence-electron chi connectivity index (χ2n) is 5.52. The monoisotopic (exact) mass is 464 g/mol. The van der Waals surface area contributed by atoms with Crippen molar-refractivity contribution >= 4 is 51.9 Å². The predicted octanol–water partition coefficient (Wildman–Crippen LogP) is 3.95. The van der Waals surface area contributed by atoms with Gasteiger partial charge in [0.25, 0.3) is 5.91 Å². The van der Waals surface area contributed by atoms with E-state index in [2.05, 4.69) is 52.2 Å². The van der Waals surface area contributed by atoms with Crippen molar-refractivity contribution in [2.45, 2.75) is 13.5 Å². The number of rotatable bonds is 5. The number of halogens is 1. The number of amides is 1. The Bertz CT molecular complexity index is 816. The van der Waals surface area contributed by atoms with Gasteiger partial charge in [0, 0.05) is 10.1 Å². The molecule has 1 aliphatic rings. The first-order valence-electron chi connectivity index (χ1n) is 7.88. The summed E-state index contributed by atoms with van der Waals surface area (Å²) in [6.07, 6.45) is 1.80. The maximum Gasteiger partial charge on any atom is 0.276 e. The summed E-state index contributed by atoms with van der Waals surface area (Å²) in [5.41, 5.74) is 2.54. The van der Waals surface area contributed by atoms with Gasteiger partial charge in [-0.2, -0.15) is 0 Å². The Kier molecular flexibility index (Phi) is 5.70. The summed E-state index contributed by atoms with van der Waals surface area (Å²) >= 11 is 7.43. The minimum absolute atomic E-state index is 0.0912. The number of hydrogen-bond donors (Lipinski definition) is 1. The number of carbonyl (C=O) groups excluding carboxylic acids is 1. The third kappa shape index (κ3) is 4.38. The van der Waals surface area contributed by atoms with Crippen LogP contribution in [0.3, 0.4) is 0 Å². The molecule has 0 aromatic heterocycles. The zero-order chi connectivity index (χ0) is 17.8. The highest BCUT2D eigenvalue weighted by atomic mass is 127. The van der Waals surface area contributed by atoms with E-state index in [0.29, 0.717) is 24.0 Å². The lowest BCUT2D eigenvalue weighted by Gasteiger charge is -2.09. The molecule has 2 aromatic rings. The molecule has 0 atom stereocenters. The number of thiocarbonyl (C=S) groups is 1. The lowest BCUT2D eigenvalue weighted by molar-refractivity contribution is -0.122. The Morgan fingerprint density at radius 1 is 1.16 bits per heavy atom. The highest BCUT2D eigenvalue weighted by Crippen LogP contribution is 2.18. The molecule has 1 N–H and O–H groups in total. The van der Waals surface area contributed by atoms with E-state index in [4.69, 9.17) is 17.0 Å². The Balaban J connectivity index is 1.64. The second kappa shape index (κ2) is 7.97. The van der Waals surface area contributed by atoms with Gasteiger partial charge < -0.3 is 10.1 Å². The largest absolute Gasteiger partial charge is 0.489 e. The topological polar surface area (TPSA) is 41.6 Å². The van der Waals surface area contributed by atoms with Crippen molar-refractivity contribution in [1.82, 2.24) is 10.2 Å². The fourth-order valence-corrected chi connectivity index (χ4v) is 3.11. The lowest BCUT2D eigenvalue weighted by atomic mass is 10.2. The zero-order valence-corrected chi connectivity index (χ0v) is 16.6. The molecule has 0 radical (unpaired) electrons. The molecule has 4 nitrogen and oxygen atoms in total. The van der Waals surface area contributed by atoms with Crippen molar-refractivity contribution < 1.29 is 9.53 Å². The molecular formula is C19H17IN2O2S. The average Bonchev–Trinajstić information content (AvgIpc) is 2.88. The van der Waals surface area contributed by atoms with E-state index in [-0.39, 0.29) is 5.91 Å². The first-order valence-corrected chi connectivity index (χ1v) is 9.37. The van der Waals surface area contributed by atoms with Gasteiger partial charge in [-0.05, 0) is 83.2 Å². The highest BCUT2D eigenvalue weighted by Gasteiger charge is 2.28. The molecule has 0 bridgehead atoms.